The summed E-state index contributed by atoms with van der Waals surface area (Å²) >= 11 is 1.35. The minimum Gasteiger partial charge on any atom is -0.461 e. The molecule has 0 fully saturated rings. The molecule has 0 saturated carbocycles. The average molecular weight is 391 g/mol. The summed E-state index contributed by atoms with van der Waals surface area (Å²) in [6.45, 7) is 8.15. The van der Waals surface area contributed by atoms with Gasteiger partial charge in [-0.25, -0.2) is 9.78 Å². The number of rotatable bonds is 10. The topological polar surface area (TPSA) is 68.7 Å². The van der Waals surface area contributed by atoms with Crippen molar-refractivity contribution in [2.24, 2.45) is 0 Å². The third kappa shape index (κ3) is 6.45. The standard InChI is InChI=1S/C20H26N2O4S/c1-4-25-12-6-11-22(19(23)16-9-7-15(3)8-10-16)13-18-21-17(14-27-18)20(24)26-5-2/h7-10,14H,4-6,11-13H2,1-3H3. The van der Waals surface area contributed by atoms with Gasteiger partial charge in [-0.2, -0.15) is 0 Å². The molecule has 146 valence electrons. The predicted molar refractivity (Wildman–Crippen MR) is 105 cm³/mol. The van der Waals surface area contributed by atoms with Crippen LogP contribution in [-0.4, -0.2) is 48.1 Å². The van der Waals surface area contributed by atoms with Gasteiger partial charge in [0, 0.05) is 30.7 Å². The highest BCUT2D eigenvalue weighted by Gasteiger charge is 2.19. The molecule has 6 nitrogen and oxygen atoms in total. The van der Waals surface area contributed by atoms with Gasteiger partial charge in [0.05, 0.1) is 13.2 Å². The third-order valence-electron chi connectivity index (χ3n) is 3.87. The van der Waals surface area contributed by atoms with Crippen LogP contribution in [-0.2, 0) is 16.0 Å². The summed E-state index contributed by atoms with van der Waals surface area (Å²) in [5.41, 5.74) is 2.03. The van der Waals surface area contributed by atoms with E-state index in [4.69, 9.17) is 9.47 Å². The highest BCUT2D eigenvalue weighted by Crippen LogP contribution is 2.16. The number of esters is 1. The maximum absolute atomic E-state index is 12.9. The lowest BCUT2D eigenvalue weighted by Crippen LogP contribution is -2.32. The highest BCUT2D eigenvalue weighted by molar-refractivity contribution is 7.09. The van der Waals surface area contributed by atoms with Crippen LogP contribution in [0.5, 0.6) is 0 Å². The summed E-state index contributed by atoms with van der Waals surface area (Å²) in [5, 5.41) is 2.37. The van der Waals surface area contributed by atoms with Gasteiger partial charge in [0.15, 0.2) is 5.69 Å². The summed E-state index contributed by atoms with van der Waals surface area (Å²) in [6.07, 6.45) is 0.738. The van der Waals surface area contributed by atoms with Gasteiger partial charge in [-0.15, -0.1) is 11.3 Å². The summed E-state index contributed by atoms with van der Waals surface area (Å²) < 4.78 is 10.4. The smallest absolute Gasteiger partial charge is 0.357 e. The van der Waals surface area contributed by atoms with E-state index in [1.54, 1.807) is 17.2 Å². The van der Waals surface area contributed by atoms with Crippen molar-refractivity contribution in [3.8, 4) is 0 Å². The third-order valence-corrected chi connectivity index (χ3v) is 4.70. The molecule has 0 radical (unpaired) electrons. The Morgan fingerprint density at radius 1 is 1.15 bits per heavy atom. The second-order valence-electron chi connectivity index (χ2n) is 5.99. The first kappa shape index (κ1) is 21.1. The Balaban J connectivity index is 2.10. The van der Waals surface area contributed by atoms with Gasteiger partial charge in [0.1, 0.15) is 5.01 Å². The summed E-state index contributed by atoms with van der Waals surface area (Å²) in [7, 11) is 0. The number of carbonyl (C=O) groups is 2. The lowest BCUT2D eigenvalue weighted by Gasteiger charge is -2.22. The summed E-state index contributed by atoms with van der Waals surface area (Å²) in [5.74, 6) is -0.493. The summed E-state index contributed by atoms with van der Waals surface area (Å²) in [6, 6.07) is 7.51. The van der Waals surface area contributed by atoms with Crippen LogP contribution in [0, 0.1) is 6.92 Å². The second kappa shape index (κ2) is 10.8. The Labute approximate surface area is 164 Å². The Hall–Kier alpha value is -2.25. The van der Waals surface area contributed by atoms with Gasteiger partial charge >= 0.3 is 5.97 Å². The zero-order chi connectivity index (χ0) is 19.6. The molecule has 0 aliphatic rings. The van der Waals surface area contributed by atoms with Crippen molar-refractivity contribution in [1.82, 2.24) is 9.88 Å². The number of aromatic nitrogens is 1. The predicted octanol–water partition coefficient (Wildman–Crippen LogP) is 3.70. The van der Waals surface area contributed by atoms with E-state index in [-0.39, 0.29) is 11.6 Å². The lowest BCUT2D eigenvalue weighted by atomic mass is 10.1. The van der Waals surface area contributed by atoms with E-state index in [2.05, 4.69) is 4.98 Å². The number of ether oxygens (including phenoxy) is 2. The van der Waals surface area contributed by atoms with Crippen molar-refractivity contribution < 1.29 is 19.1 Å². The second-order valence-corrected chi connectivity index (χ2v) is 6.93. The number of hydrogen-bond acceptors (Lipinski definition) is 6. The molecule has 27 heavy (non-hydrogen) atoms. The molecule has 0 saturated heterocycles. The van der Waals surface area contributed by atoms with Crippen LogP contribution in [0.1, 0.15) is 51.7 Å². The first-order chi connectivity index (χ1) is 13.0. The summed E-state index contributed by atoms with van der Waals surface area (Å²) in [4.78, 5) is 30.8. The van der Waals surface area contributed by atoms with Crippen LogP contribution in [0.15, 0.2) is 29.6 Å². The largest absolute Gasteiger partial charge is 0.461 e. The zero-order valence-corrected chi connectivity index (χ0v) is 16.9. The Bertz CT molecular complexity index is 743. The van der Waals surface area contributed by atoms with E-state index in [1.807, 2.05) is 38.1 Å². The molecule has 0 N–H and O–H groups in total. The molecule has 0 spiro atoms. The monoisotopic (exact) mass is 390 g/mol. The maximum atomic E-state index is 12.9. The Morgan fingerprint density at radius 2 is 1.89 bits per heavy atom. The van der Waals surface area contributed by atoms with Gasteiger partial charge < -0.3 is 14.4 Å². The molecular formula is C20H26N2O4S. The lowest BCUT2D eigenvalue weighted by molar-refractivity contribution is 0.0520. The molecule has 0 unspecified atom stereocenters. The van der Waals surface area contributed by atoms with E-state index in [1.165, 1.54) is 11.3 Å². The van der Waals surface area contributed by atoms with Crippen LogP contribution < -0.4 is 0 Å². The molecule has 1 aromatic heterocycles. The van der Waals surface area contributed by atoms with E-state index < -0.39 is 5.97 Å². The molecule has 0 bridgehead atoms. The van der Waals surface area contributed by atoms with Crippen LogP contribution in [0.3, 0.4) is 0 Å². The van der Waals surface area contributed by atoms with E-state index >= 15 is 0 Å². The molecule has 7 heteroatoms. The van der Waals surface area contributed by atoms with Gasteiger partial charge in [-0.1, -0.05) is 17.7 Å². The molecular weight excluding hydrogens is 364 g/mol. The number of hydrogen-bond donors (Lipinski definition) is 0. The number of aryl methyl sites for hydroxylation is 1. The molecule has 2 rings (SSSR count). The number of benzene rings is 1. The fourth-order valence-corrected chi connectivity index (χ4v) is 3.26. The van der Waals surface area contributed by atoms with Crippen molar-refractivity contribution in [1.29, 1.82) is 0 Å². The first-order valence-corrected chi connectivity index (χ1v) is 9.98. The molecule has 1 aromatic carbocycles. The van der Waals surface area contributed by atoms with Crippen LogP contribution in [0.25, 0.3) is 0 Å². The van der Waals surface area contributed by atoms with E-state index in [0.717, 1.165) is 12.0 Å². The van der Waals surface area contributed by atoms with E-state index in [0.29, 0.717) is 43.5 Å². The maximum Gasteiger partial charge on any atom is 0.357 e. The first-order valence-electron chi connectivity index (χ1n) is 9.10. The van der Waals surface area contributed by atoms with Gasteiger partial charge in [-0.05, 0) is 39.3 Å². The van der Waals surface area contributed by atoms with Crippen LogP contribution >= 0.6 is 11.3 Å². The van der Waals surface area contributed by atoms with Crippen molar-refractivity contribution in [2.75, 3.05) is 26.4 Å². The quantitative estimate of drug-likeness (QED) is 0.457. The fraction of sp³-hybridized carbons (Fsp3) is 0.450. The van der Waals surface area contributed by atoms with Crippen molar-refractivity contribution >= 4 is 23.2 Å². The van der Waals surface area contributed by atoms with Crippen molar-refractivity contribution in [3.63, 3.8) is 0 Å². The molecule has 1 amide bonds. The average Bonchev–Trinajstić information content (AvgIpc) is 3.13. The van der Waals surface area contributed by atoms with Gasteiger partial charge in [-0.3, -0.25) is 4.79 Å². The fourth-order valence-electron chi connectivity index (χ4n) is 2.48. The van der Waals surface area contributed by atoms with E-state index in [9.17, 15) is 9.59 Å². The molecule has 2 aromatic rings. The van der Waals surface area contributed by atoms with Gasteiger partial charge in [0.25, 0.3) is 5.91 Å². The van der Waals surface area contributed by atoms with Gasteiger partial charge in [0.2, 0.25) is 0 Å². The SMILES string of the molecule is CCOCCCN(Cc1nc(C(=O)OCC)cs1)C(=O)c1ccc(C)cc1. The number of carbonyl (C=O) groups excluding carboxylic acids is 2. The normalized spacial score (nSPS) is 10.6. The Kier molecular flexibility index (Phi) is 8.42. The molecule has 1 heterocycles. The number of nitrogens with zero attached hydrogens (tertiary/aromatic N) is 2. The molecule has 0 aliphatic heterocycles. The highest BCUT2D eigenvalue weighted by atomic mass is 32.1. The van der Waals surface area contributed by atoms with Crippen molar-refractivity contribution in [2.45, 2.75) is 33.7 Å². The minimum absolute atomic E-state index is 0.0561. The van der Waals surface area contributed by atoms with Crippen LogP contribution in [0.4, 0.5) is 0 Å². The molecule has 0 atom stereocenters. The zero-order valence-electron chi connectivity index (χ0n) is 16.1. The van der Waals surface area contributed by atoms with Crippen molar-refractivity contribution in [3.05, 3.63) is 51.5 Å². The number of amides is 1. The Morgan fingerprint density at radius 3 is 2.56 bits per heavy atom. The minimum atomic E-state index is -0.437. The van der Waals surface area contributed by atoms with Crippen LogP contribution in [0.2, 0.25) is 0 Å². The molecule has 0 aliphatic carbocycles. The number of thiazole rings is 1.